The molecule has 1 atom stereocenters. The van der Waals surface area contributed by atoms with Crippen molar-refractivity contribution in [3.05, 3.63) is 35.4 Å². The first kappa shape index (κ1) is 13.6. The number of carbonyl (C=O) groups excluding carboxylic acids is 1. The molecule has 0 unspecified atom stereocenters. The van der Waals surface area contributed by atoms with Gasteiger partial charge in [0.05, 0.1) is 6.04 Å². The average Bonchev–Trinajstić information content (AvgIpc) is 3.28. The standard InChI is InChI=1S/C17H24N2O/c1-12(2)11-19(15-7-8-15)17(20)16-9-13-5-3-4-6-14(13)10-18-16/h3-6,12,15-16,18H,7-11H2,1-2H3/t16-/m1/s1. The SMILES string of the molecule is CC(C)CN(C(=O)[C@H]1Cc2ccccc2CN1)C1CC1. The number of hydrogen-bond donors (Lipinski definition) is 1. The van der Waals surface area contributed by atoms with Gasteiger partial charge >= 0.3 is 0 Å². The van der Waals surface area contributed by atoms with E-state index in [-0.39, 0.29) is 6.04 Å². The van der Waals surface area contributed by atoms with Gasteiger partial charge in [0, 0.05) is 19.1 Å². The van der Waals surface area contributed by atoms with Gasteiger partial charge in [0.2, 0.25) is 5.91 Å². The number of nitrogens with zero attached hydrogens (tertiary/aromatic N) is 1. The second-order valence-electron chi connectivity index (χ2n) is 6.52. The summed E-state index contributed by atoms with van der Waals surface area (Å²) >= 11 is 0. The minimum absolute atomic E-state index is 0.0377. The first-order valence-corrected chi connectivity index (χ1v) is 7.76. The maximum absolute atomic E-state index is 12.8. The van der Waals surface area contributed by atoms with Crippen molar-refractivity contribution in [3.8, 4) is 0 Å². The Hall–Kier alpha value is -1.35. The topological polar surface area (TPSA) is 32.3 Å². The van der Waals surface area contributed by atoms with E-state index in [1.54, 1.807) is 0 Å². The predicted molar refractivity (Wildman–Crippen MR) is 80.3 cm³/mol. The molecule has 108 valence electrons. The largest absolute Gasteiger partial charge is 0.338 e. The van der Waals surface area contributed by atoms with Crippen LogP contribution in [0.15, 0.2) is 24.3 Å². The third kappa shape index (κ3) is 2.88. The van der Waals surface area contributed by atoms with Crippen LogP contribution < -0.4 is 5.32 Å². The monoisotopic (exact) mass is 272 g/mol. The van der Waals surface area contributed by atoms with Crippen LogP contribution in [-0.2, 0) is 17.8 Å². The van der Waals surface area contributed by atoms with Crippen molar-refractivity contribution in [2.24, 2.45) is 5.92 Å². The van der Waals surface area contributed by atoms with Crippen LogP contribution in [0.5, 0.6) is 0 Å². The molecule has 1 saturated carbocycles. The van der Waals surface area contributed by atoms with Crippen LogP contribution in [-0.4, -0.2) is 29.4 Å². The summed E-state index contributed by atoms with van der Waals surface area (Å²) in [5.74, 6) is 0.839. The smallest absolute Gasteiger partial charge is 0.240 e. The van der Waals surface area contributed by atoms with Crippen molar-refractivity contribution < 1.29 is 4.79 Å². The quantitative estimate of drug-likeness (QED) is 0.912. The first-order valence-electron chi connectivity index (χ1n) is 7.76. The summed E-state index contributed by atoms with van der Waals surface area (Å²) in [5.41, 5.74) is 2.66. The molecule has 3 rings (SSSR count). The molecule has 0 radical (unpaired) electrons. The van der Waals surface area contributed by atoms with Gasteiger partial charge in [-0.1, -0.05) is 38.1 Å². The molecule has 0 aromatic heterocycles. The van der Waals surface area contributed by atoms with Crippen LogP contribution in [0.2, 0.25) is 0 Å². The zero-order valence-electron chi connectivity index (χ0n) is 12.4. The summed E-state index contributed by atoms with van der Waals surface area (Å²) in [4.78, 5) is 14.9. The third-order valence-electron chi connectivity index (χ3n) is 4.21. The average molecular weight is 272 g/mol. The normalized spacial score (nSPS) is 21.6. The Kier molecular flexibility index (Phi) is 3.79. The molecule has 3 heteroatoms. The van der Waals surface area contributed by atoms with E-state index in [9.17, 15) is 4.79 Å². The molecule has 1 N–H and O–H groups in total. The zero-order valence-corrected chi connectivity index (χ0v) is 12.4. The highest BCUT2D eigenvalue weighted by Gasteiger charge is 2.36. The Labute approximate surface area is 121 Å². The molecule has 1 heterocycles. The van der Waals surface area contributed by atoms with Crippen molar-refractivity contribution in [3.63, 3.8) is 0 Å². The number of amides is 1. The second kappa shape index (κ2) is 5.57. The lowest BCUT2D eigenvalue weighted by molar-refractivity contribution is -0.134. The van der Waals surface area contributed by atoms with Crippen LogP contribution in [0, 0.1) is 5.92 Å². The fourth-order valence-electron chi connectivity index (χ4n) is 3.03. The summed E-state index contributed by atoms with van der Waals surface area (Å²) < 4.78 is 0. The highest BCUT2D eigenvalue weighted by molar-refractivity contribution is 5.83. The van der Waals surface area contributed by atoms with Gasteiger partial charge in [0.15, 0.2) is 0 Å². The zero-order chi connectivity index (χ0) is 14.1. The summed E-state index contributed by atoms with van der Waals surface area (Å²) in [6.07, 6.45) is 3.19. The van der Waals surface area contributed by atoms with Gasteiger partial charge in [-0.3, -0.25) is 4.79 Å². The third-order valence-corrected chi connectivity index (χ3v) is 4.21. The van der Waals surface area contributed by atoms with Crippen LogP contribution in [0.25, 0.3) is 0 Å². The molecule has 3 nitrogen and oxygen atoms in total. The number of fused-ring (bicyclic) bond motifs is 1. The molecule has 0 bridgehead atoms. The Morgan fingerprint density at radius 2 is 2.00 bits per heavy atom. The molecule has 0 spiro atoms. The molecule has 1 aliphatic heterocycles. The number of carbonyl (C=O) groups is 1. The maximum Gasteiger partial charge on any atom is 0.240 e. The molecular formula is C17H24N2O. The van der Waals surface area contributed by atoms with Gasteiger partial charge < -0.3 is 10.2 Å². The van der Waals surface area contributed by atoms with Gasteiger partial charge in [-0.05, 0) is 36.3 Å². The van der Waals surface area contributed by atoms with E-state index in [1.165, 1.54) is 24.0 Å². The van der Waals surface area contributed by atoms with Gasteiger partial charge in [-0.25, -0.2) is 0 Å². The summed E-state index contributed by atoms with van der Waals surface area (Å²) in [6.45, 7) is 6.08. The predicted octanol–water partition coefficient (Wildman–Crippen LogP) is 2.35. The van der Waals surface area contributed by atoms with Crippen molar-refractivity contribution >= 4 is 5.91 Å². The Balaban J connectivity index is 1.71. The van der Waals surface area contributed by atoms with Gasteiger partial charge in [0.25, 0.3) is 0 Å². The van der Waals surface area contributed by atoms with Crippen LogP contribution in [0.3, 0.4) is 0 Å². The lowest BCUT2D eigenvalue weighted by Crippen LogP contribution is -2.51. The first-order chi connectivity index (χ1) is 9.65. The lowest BCUT2D eigenvalue weighted by Gasteiger charge is -2.32. The minimum Gasteiger partial charge on any atom is -0.338 e. The van der Waals surface area contributed by atoms with Crippen molar-refractivity contribution in [1.82, 2.24) is 10.2 Å². The van der Waals surface area contributed by atoms with E-state index in [1.807, 2.05) is 0 Å². The van der Waals surface area contributed by atoms with Crippen LogP contribution >= 0.6 is 0 Å². The van der Waals surface area contributed by atoms with E-state index in [4.69, 9.17) is 0 Å². The van der Waals surface area contributed by atoms with Gasteiger partial charge in [-0.15, -0.1) is 0 Å². The summed E-state index contributed by atoms with van der Waals surface area (Å²) in [6, 6.07) is 8.90. The second-order valence-corrected chi connectivity index (χ2v) is 6.52. The number of rotatable bonds is 4. The molecule has 1 aromatic rings. The number of nitrogens with one attached hydrogen (secondary N) is 1. The lowest BCUT2D eigenvalue weighted by atomic mass is 9.95. The molecule has 1 amide bonds. The fraction of sp³-hybridized carbons (Fsp3) is 0.588. The van der Waals surface area contributed by atoms with E-state index in [0.717, 1.165) is 19.5 Å². The molecule has 1 fully saturated rings. The Bertz CT molecular complexity index is 494. The summed E-state index contributed by atoms with van der Waals surface area (Å²) in [7, 11) is 0. The molecule has 2 aliphatic rings. The molecule has 1 aromatic carbocycles. The number of hydrogen-bond acceptors (Lipinski definition) is 2. The van der Waals surface area contributed by atoms with Crippen molar-refractivity contribution in [2.45, 2.75) is 51.7 Å². The van der Waals surface area contributed by atoms with Crippen molar-refractivity contribution in [2.75, 3.05) is 6.54 Å². The maximum atomic E-state index is 12.8. The van der Waals surface area contributed by atoms with E-state index in [2.05, 4.69) is 48.3 Å². The van der Waals surface area contributed by atoms with Gasteiger partial charge in [0.1, 0.15) is 0 Å². The van der Waals surface area contributed by atoms with E-state index in [0.29, 0.717) is 17.9 Å². The Morgan fingerprint density at radius 1 is 1.30 bits per heavy atom. The van der Waals surface area contributed by atoms with E-state index >= 15 is 0 Å². The minimum atomic E-state index is -0.0377. The molecular weight excluding hydrogens is 248 g/mol. The molecule has 1 aliphatic carbocycles. The van der Waals surface area contributed by atoms with Crippen molar-refractivity contribution in [1.29, 1.82) is 0 Å². The molecule has 20 heavy (non-hydrogen) atoms. The summed E-state index contributed by atoms with van der Waals surface area (Å²) in [5, 5.41) is 3.42. The highest BCUT2D eigenvalue weighted by Crippen LogP contribution is 2.29. The number of benzene rings is 1. The van der Waals surface area contributed by atoms with E-state index < -0.39 is 0 Å². The Morgan fingerprint density at radius 3 is 2.65 bits per heavy atom. The van der Waals surface area contributed by atoms with Crippen LogP contribution in [0.1, 0.15) is 37.8 Å². The molecule has 0 saturated heterocycles. The van der Waals surface area contributed by atoms with Crippen LogP contribution in [0.4, 0.5) is 0 Å². The highest BCUT2D eigenvalue weighted by atomic mass is 16.2. The van der Waals surface area contributed by atoms with Gasteiger partial charge in [-0.2, -0.15) is 0 Å². The fourth-order valence-corrected chi connectivity index (χ4v) is 3.03.